The van der Waals surface area contributed by atoms with Crippen molar-refractivity contribution in [2.24, 2.45) is 0 Å². The van der Waals surface area contributed by atoms with Crippen LogP contribution in [0, 0.1) is 10.1 Å². The standard InChI is InChI=1S/C25H24N4O2/c1-18(19-10-12-20(13-11-19)29(30)31)26-28-16-14-27(15-17-28)25-23-8-4-2-6-21(23)22-7-3-5-9-24(22)25/h2-13,25-26H,1,14-17H2. The van der Waals surface area contributed by atoms with Crippen LogP contribution in [0.3, 0.4) is 0 Å². The predicted molar refractivity (Wildman–Crippen MR) is 122 cm³/mol. The van der Waals surface area contributed by atoms with Gasteiger partial charge < -0.3 is 5.43 Å². The Morgan fingerprint density at radius 1 is 0.871 bits per heavy atom. The Morgan fingerprint density at radius 3 is 1.97 bits per heavy atom. The smallest absolute Gasteiger partial charge is 0.269 e. The molecular formula is C25H24N4O2. The van der Waals surface area contributed by atoms with E-state index in [2.05, 4.69) is 70.4 Å². The molecule has 3 aromatic carbocycles. The summed E-state index contributed by atoms with van der Waals surface area (Å²) in [5.41, 5.74) is 10.5. The summed E-state index contributed by atoms with van der Waals surface area (Å²) in [6.07, 6.45) is 0. The van der Waals surface area contributed by atoms with Gasteiger partial charge in [-0.2, -0.15) is 0 Å². The Bertz CT molecular complexity index is 1090. The number of nitrogens with one attached hydrogen (secondary N) is 1. The fourth-order valence-corrected chi connectivity index (χ4v) is 4.65. The van der Waals surface area contributed by atoms with Crippen LogP contribution >= 0.6 is 0 Å². The zero-order valence-corrected chi connectivity index (χ0v) is 17.2. The molecule has 1 aliphatic carbocycles. The fraction of sp³-hybridized carbons (Fsp3) is 0.200. The van der Waals surface area contributed by atoms with Crippen molar-refractivity contribution in [3.05, 3.63) is 106 Å². The highest BCUT2D eigenvalue weighted by atomic mass is 16.6. The SMILES string of the molecule is C=C(NN1CCN(C2c3ccccc3-c3ccccc32)CC1)c1ccc([N+](=O)[O-])cc1. The van der Waals surface area contributed by atoms with Crippen molar-refractivity contribution >= 4 is 11.4 Å². The van der Waals surface area contributed by atoms with Crippen molar-refractivity contribution in [1.82, 2.24) is 15.3 Å². The van der Waals surface area contributed by atoms with Gasteiger partial charge >= 0.3 is 0 Å². The first-order valence-electron chi connectivity index (χ1n) is 10.5. The molecule has 0 unspecified atom stereocenters. The third-order valence-corrected chi connectivity index (χ3v) is 6.20. The molecule has 0 spiro atoms. The predicted octanol–water partition coefficient (Wildman–Crippen LogP) is 4.46. The lowest BCUT2D eigenvalue weighted by molar-refractivity contribution is -0.384. The molecule has 0 amide bonds. The molecule has 1 heterocycles. The molecule has 5 rings (SSSR count). The van der Waals surface area contributed by atoms with Gasteiger partial charge in [0.2, 0.25) is 0 Å². The summed E-state index contributed by atoms with van der Waals surface area (Å²) in [5.74, 6) is 0. The molecule has 6 heteroatoms. The van der Waals surface area contributed by atoms with E-state index in [4.69, 9.17) is 0 Å². The number of nitro benzene ring substituents is 1. The van der Waals surface area contributed by atoms with Crippen LogP contribution in [0.15, 0.2) is 79.4 Å². The second-order valence-electron chi connectivity index (χ2n) is 7.99. The van der Waals surface area contributed by atoms with E-state index in [0.717, 1.165) is 37.4 Å². The number of hydrogen-bond acceptors (Lipinski definition) is 5. The molecule has 156 valence electrons. The van der Waals surface area contributed by atoms with E-state index in [9.17, 15) is 10.1 Å². The summed E-state index contributed by atoms with van der Waals surface area (Å²) < 4.78 is 0. The second-order valence-corrected chi connectivity index (χ2v) is 7.99. The van der Waals surface area contributed by atoms with Crippen LogP contribution in [0.1, 0.15) is 22.7 Å². The highest BCUT2D eigenvalue weighted by Gasteiger charge is 2.34. The normalized spacial score (nSPS) is 16.5. The number of nitro groups is 1. The van der Waals surface area contributed by atoms with Crippen LogP contribution in [0.5, 0.6) is 0 Å². The third-order valence-electron chi connectivity index (χ3n) is 6.20. The van der Waals surface area contributed by atoms with Gasteiger partial charge in [0.1, 0.15) is 0 Å². The highest BCUT2D eigenvalue weighted by molar-refractivity contribution is 5.78. The van der Waals surface area contributed by atoms with Crippen molar-refractivity contribution in [2.75, 3.05) is 26.2 Å². The van der Waals surface area contributed by atoms with E-state index >= 15 is 0 Å². The Balaban J connectivity index is 1.26. The van der Waals surface area contributed by atoms with Gasteiger partial charge in [-0.05, 0) is 39.9 Å². The Hall–Kier alpha value is -3.48. The molecule has 1 saturated heterocycles. The molecule has 6 nitrogen and oxygen atoms in total. The number of fused-ring (bicyclic) bond motifs is 3. The Kier molecular flexibility index (Phi) is 5.02. The minimum atomic E-state index is -0.390. The first-order valence-corrected chi connectivity index (χ1v) is 10.5. The van der Waals surface area contributed by atoms with Gasteiger partial charge in [0, 0.05) is 44.0 Å². The van der Waals surface area contributed by atoms with Gasteiger partial charge in [-0.3, -0.25) is 15.0 Å². The van der Waals surface area contributed by atoms with Crippen LogP contribution in [-0.4, -0.2) is 41.0 Å². The molecule has 1 aliphatic heterocycles. The van der Waals surface area contributed by atoms with E-state index in [0.29, 0.717) is 6.04 Å². The van der Waals surface area contributed by atoms with E-state index in [1.54, 1.807) is 12.1 Å². The summed E-state index contributed by atoms with van der Waals surface area (Å²) in [6.45, 7) is 7.73. The average Bonchev–Trinajstić information content (AvgIpc) is 3.14. The fourth-order valence-electron chi connectivity index (χ4n) is 4.65. The molecule has 0 bridgehead atoms. The van der Waals surface area contributed by atoms with Gasteiger partial charge in [-0.1, -0.05) is 55.1 Å². The summed E-state index contributed by atoms with van der Waals surface area (Å²) >= 11 is 0. The molecule has 0 atom stereocenters. The maximum atomic E-state index is 10.8. The molecule has 3 aromatic rings. The lowest BCUT2D eigenvalue weighted by Crippen LogP contribution is -2.51. The zero-order chi connectivity index (χ0) is 21.4. The maximum absolute atomic E-state index is 10.8. The van der Waals surface area contributed by atoms with Crippen LogP contribution in [0.2, 0.25) is 0 Å². The lowest BCUT2D eigenvalue weighted by Gasteiger charge is -2.39. The van der Waals surface area contributed by atoms with Crippen LogP contribution in [0.4, 0.5) is 5.69 Å². The summed E-state index contributed by atoms with van der Waals surface area (Å²) in [5, 5.41) is 13.0. The van der Waals surface area contributed by atoms with Gasteiger partial charge in [-0.15, -0.1) is 0 Å². The quantitative estimate of drug-likeness (QED) is 0.495. The Labute approximate surface area is 181 Å². The van der Waals surface area contributed by atoms with Crippen molar-refractivity contribution in [1.29, 1.82) is 0 Å². The first-order chi connectivity index (χ1) is 15.1. The molecule has 2 aliphatic rings. The molecular weight excluding hydrogens is 388 g/mol. The lowest BCUT2D eigenvalue weighted by atomic mass is 10.0. The number of rotatable bonds is 5. The molecule has 1 fully saturated rings. The van der Waals surface area contributed by atoms with E-state index in [-0.39, 0.29) is 5.69 Å². The molecule has 0 saturated carbocycles. The van der Waals surface area contributed by atoms with Crippen molar-refractivity contribution in [3.8, 4) is 11.1 Å². The van der Waals surface area contributed by atoms with Crippen molar-refractivity contribution in [2.45, 2.75) is 6.04 Å². The number of hydrogen-bond donors (Lipinski definition) is 1. The average molecular weight is 412 g/mol. The number of piperazine rings is 1. The first kappa shape index (κ1) is 19.5. The highest BCUT2D eigenvalue weighted by Crippen LogP contribution is 2.46. The van der Waals surface area contributed by atoms with Crippen molar-refractivity contribution in [3.63, 3.8) is 0 Å². The summed E-state index contributed by atoms with van der Waals surface area (Å²) in [7, 11) is 0. The Morgan fingerprint density at radius 2 is 1.42 bits per heavy atom. The maximum Gasteiger partial charge on any atom is 0.269 e. The molecule has 31 heavy (non-hydrogen) atoms. The molecule has 0 radical (unpaired) electrons. The van der Waals surface area contributed by atoms with Crippen LogP contribution < -0.4 is 5.43 Å². The van der Waals surface area contributed by atoms with Crippen LogP contribution in [-0.2, 0) is 0 Å². The van der Waals surface area contributed by atoms with Gasteiger partial charge in [0.15, 0.2) is 0 Å². The molecule has 0 aromatic heterocycles. The zero-order valence-electron chi connectivity index (χ0n) is 17.2. The van der Waals surface area contributed by atoms with E-state index in [1.807, 2.05) is 0 Å². The van der Waals surface area contributed by atoms with Gasteiger partial charge in [0.05, 0.1) is 11.0 Å². The van der Waals surface area contributed by atoms with Gasteiger partial charge in [-0.25, -0.2) is 5.01 Å². The van der Waals surface area contributed by atoms with Crippen molar-refractivity contribution < 1.29 is 4.92 Å². The minimum absolute atomic E-state index is 0.0855. The van der Waals surface area contributed by atoms with E-state index in [1.165, 1.54) is 34.4 Å². The second kappa shape index (κ2) is 7.98. The van der Waals surface area contributed by atoms with E-state index < -0.39 is 4.92 Å². The number of nitrogens with zero attached hydrogens (tertiary/aromatic N) is 3. The monoisotopic (exact) mass is 412 g/mol. The summed E-state index contributed by atoms with van der Waals surface area (Å²) in [4.78, 5) is 13.0. The summed E-state index contributed by atoms with van der Waals surface area (Å²) in [6, 6.07) is 24.2. The molecule has 1 N–H and O–H groups in total. The topological polar surface area (TPSA) is 61.6 Å². The number of hydrazine groups is 1. The minimum Gasteiger partial charge on any atom is -0.319 e. The largest absolute Gasteiger partial charge is 0.319 e. The third kappa shape index (κ3) is 3.60. The van der Waals surface area contributed by atoms with Crippen LogP contribution in [0.25, 0.3) is 16.8 Å². The number of non-ortho nitro benzene ring substituents is 1. The van der Waals surface area contributed by atoms with Gasteiger partial charge in [0.25, 0.3) is 5.69 Å². The number of benzene rings is 3.